The molecule has 0 fully saturated rings. The summed E-state index contributed by atoms with van der Waals surface area (Å²) in [6.07, 6.45) is 0. The molecule has 100 valence electrons. The van der Waals surface area contributed by atoms with Gasteiger partial charge in [0.2, 0.25) is 0 Å². The molecule has 0 spiro atoms. The summed E-state index contributed by atoms with van der Waals surface area (Å²) < 4.78 is 14.3. The molecule has 2 aromatic carbocycles. The average Bonchev–Trinajstić information content (AvgIpc) is 2.42. The highest BCUT2D eigenvalue weighted by atomic mass is 79.9. The molecule has 2 rings (SSSR count). The molecule has 2 aromatic rings. The van der Waals surface area contributed by atoms with Gasteiger partial charge in [0.05, 0.1) is 10.6 Å². The molecule has 0 bridgehead atoms. The second-order valence-electron chi connectivity index (χ2n) is 3.85. The van der Waals surface area contributed by atoms with E-state index in [9.17, 15) is 14.5 Å². The standard InChI is InChI=1S/C13H7BrFN3O2/c14-9-1-3-11(15)12(6-9)17-10-2-4-13(18(19)20)8(5-10)7-16/h1-6,17H. The highest BCUT2D eigenvalue weighted by Gasteiger charge is 2.14. The smallest absolute Gasteiger partial charge is 0.287 e. The predicted molar refractivity (Wildman–Crippen MR) is 75.2 cm³/mol. The van der Waals surface area contributed by atoms with Crippen LogP contribution in [0.1, 0.15) is 5.56 Å². The zero-order valence-electron chi connectivity index (χ0n) is 9.93. The molecule has 0 atom stereocenters. The van der Waals surface area contributed by atoms with Crippen LogP contribution in [0, 0.1) is 27.3 Å². The van der Waals surface area contributed by atoms with E-state index in [1.165, 1.54) is 30.3 Å². The van der Waals surface area contributed by atoms with E-state index in [2.05, 4.69) is 21.2 Å². The number of nitrogens with zero attached hydrogens (tertiary/aromatic N) is 2. The fraction of sp³-hybridized carbons (Fsp3) is 0. The molecule has 1 N–H and O–H groups in total. The highest BCUT2D eigenvalue weighted by Crippen LogP contribution is 2.27. The van der Waals surface area contributed by atoms with Crippen molar-refractivity contribution in [3.05, 3.63) is 62.4 Å². The molecule has 0 amide bonds. The van der Waals surface area contributed by atoms with Gasteiger partial charge in [-0.25, -0.2) is 4.39 Å². The monoisotopic (exact) mass is 335 g/mol. The third-order valence-corrected chi connectivity index (χ3v) is 3.01. The van der Waals surface area contributed by atoms with E-state index in [0.29, 0.717) is 10.2 Å². The third kappa shape index (κ3) is 2.92. The Kier molecular flexibility index (Phi) is 3.96. The maximum absolute atomic E-state index is 13.6. The summed E-state index contributed by atoms with van der Waals surface area (Å²) in [6.45, 7) is 0. The van der Waals surface area contributed by atoms with Crippen molar-refractivity contribution in [2.24, 2.45) is 0 Å². The second-order valence-corrected chi connectivity index (χ2v) is 4.77. The minimum atomic E-state index is -0.637. The van der Waals surface area contributed by atoms with Crippen LogP contribution in [0.3, 0.4) is 0 Å². The summed E-state index contributed by atoms with van der Waals surface area (Å²) in [6, 6.07) is 10.0. The number of rotatable bonds is 3. The summed E-state index contributed by atoms with van der Waals surface area (Å²) >= 11 is 3.22. The Morgan fingerprint density at radius 2 is 2.05 bits per heavy atom. The SMILES string of the molecule is N#Cc1cc(Nc2cc(Br)ccc2F)ccc1[N+](=O)[O-]. The fourth-order valence-corrected chi connectivity index (χ4v) is 1.97. The minimum Gasteiger partial charge on any atom is -0.353 e. The van der Waals surface area contributed by atoms with Gasteiger partial charge in [0, 0.05) is 16.2 Å². The molecule has 0 heterocycles. The van der Waals surface area contributed by atoms with Gasteiger partial charge in [0.25, 0.3) is 5.69 Å². The van der Waals surface area contributed by atoms with E-state index in [1.54, 1.807) is 12.1 Å². The maximum atomic E-state index is 13.6. The fourth-order valence-electron chi connectivity index (χ4n) is 1.61. The number of nitro groups is 1. The molecule has 0 aliphatic carbocycles. The van der Waals surface area contributed by atoms with Gasteiger partial charge in [-0.15, -0.1) is 0 Å². The lowest BCUT2D eigenvalue weighted by atomic mass is 10.1. The van der Waals surface area contributed by atoms with Crippen molar-refractivity contribution in [3.8, 4) is 6.07 Å². The number of nitro benzene ring substituents is 1. The molecule has 0 radical (unpaired) electrons. The number of nitriles is 1. The van der Waals surface area contributed by atoms with Crippen LogP contribution in [0.2, 0.25) is 0 Å². The first-order valence-corrected chi connectivity index (χ1v) is 6.21. The number of halogens is 2. The van der Waals surface area contributed by atoms with E-state index in [4.69, 9.17) is 5.26 Å². The van der Waals surface area contributed by atoms with Crippen LogP contribution in [0.15, 0.2) is 40.9 Å². The molecular weight excluding hydrogens is 329 g/mol. The van der Waals surface area contributed by atoms with Gasteiger partial charge in [0.1, 0.15) is 17.4 Å². The lowest BCUT2D eigenvalue weighted by Gasteiger charge is -2.08. The van der Waals surface area contributed by atoms with Gasteiger partial charge >= 0.3 is 0 Å². The first-order valence-electron chi connectivity index (χ1n) is 5.42. The summed E-state index contributed by atoms with van der Waals surface area (Å²) in [5.41, 5.74) is 0.226. The summed E-state index contributed by atoms with van der Waals surface area (Å²) in [4.78, 5) is 10.1. The normalized spacial score (nSPS) is 9.85. The zero-order chi connectivity index (χ0) is 14.7. The van der Waals surface area contributed by atoms with Crippen LogP contribution in [-0.2, 0) is 0 Å². The van der Waals surface area contributed by atoms with Crippen molar-refractivity contribution in [2.45, 2.75) is 0 Å². The van der Waals surface area contributed by atoms with Gasteiger partial charge < -0.3 is 5.32 Å². The van der Waals surface area contributed by atoms with Crippen molar-refractivity contribution >= 4 is 33.0 Å². The van der Waals surface area contributed by atoms with Crippen molar-refractivity contribution in [1.82, 2.24) is 0 Å². The number of hydrogen-bond donors (Lipinski definition) is 1. The minimum absolute atomic E-state index is 0.0876. The second kappa shape index (κ2) is 5.67. The van der Waals surface area contributed by atoms with E-state index >= 15 is 0 Å². The predicted octanol–water partition coefficient (Wildman–Crippen LogP) is 4.11. The van der Waals surface area contributed by atoms with E-state index in [1.807, 2.05) is 0 Å². The number of anilines is 2. The van der Waals surface area contributed by atoms with Gasteiger partial charge in [0.15, 0.2) is 0 Å². The Balaban J connectivity index is 2.38. The Hall–Kier alpha value is -2.46. The molecule has 0 aromatic heterocycles. The molecule has 7 heteroatoms. The van der Waals surface area contributed by atoms with E-state index in [0.717, 1.165) is 0 Å². The maximum Gasteiger partial charge on any atom is 0.287 e. The quantitative estimate of drug-likeness (QED) is 0.676. The third-order valence-electron chi connectivity index (χ3n) is 2.52. The van der Waals surface area contributed by atoms with Crippen LogP contribution in [0.4, 0.5) is 21.5 Å². The van der Waals surface area contributed by atoms with E-state index < -0.39 is 10.7 Å². The van der Waals surface area contributed by atoms with Gasteiger partial charge in [-0.2, -0.15) is 5.26 Å². The van der Waals surface area contributed by atoms with Gasteiger partial charge in [-0.05, 0) is 30.3 Å². The van der Waals surface area contributed by atoms with Crippen LogP contribution in [0.5, 0.6) is 0 Å². The summed E-state index contributed by atoms with van der Waals surface area (Å²) in [5.74, 6) is -0.468. The lowest BCUT2D eigenvalue weighted by Crippen LogP contribution is -1.97. The van der Waals surface area contributed by atoms with Crippen LogP contribution in [0.25, 0.3) is 0 Å². The molecule has 0 saturated carbocycles. The summed E-state index contributed by atoms with van der Waals surface area (Å²) in [5, 5.41) is 22.4. The van der Waals surface area contributed by atoms with Crippen LogP contribution < -0.4 is 5.32 Å². The Labute approximate surface area is 121 Å². The van der Waals surface area contributed by atoms with Crippen LogP contribution >= 0.6 is 15.9 Å². The largest absolute Gasteiger partial charge is 0.353 e. The van der Waals surface area contributed by atoms with Crippen LogP contribution in [-0.4, -0.2) is 4.92 Å². The Morgan fingerprint density at radius 3 is 2.70 bits per heavy atom. The molecule has 20 heavy (non-hydrogen) atoms. The Morgan fingerprint density at radius 1 is 1.30 bits per heavy atom. The number of nitrogens with one attached hydrogen (secondary N) is 1. The molecule has 0 aliphatic heterocycles. The molecule has 0 aliphatic rings. The van der Waals surface area contributed by atoms with Gasteiger partial charge in [-0.1, -0.05) is 15.9 Å². The average molecular weight is 336 g/mol. The van der Waals surface area contributed by atoms with E-state index in [-0.39, 0.29) is 16.9 Å². The topological polar surface area (TPSA) is 79.0 Å². The van der Waals surface area contributed by atoms with Crippen molar-refractivity contribution in [1.29, 1.82) is 5.26 Å². The van der Waals surface area contributed by atoms with Crippen molar-refractivity contribution in [2.75, 3.05) is 5.32 Å². The highest BCUT2D eigenvalue weighted by molar-refractivity contribution is 9.10. The summed E-state index contributed by atoms with van der Waals surface area (Å²) in [7, 11) is 0. The molecule has 5 nitrogen and oxygen atoms in total. The molecular formula is C13H7BrFN3O2. The molecule has 0 saturated heterocycles. The number of hydrogen-bond acceptors (Lipinski definition) is 4. The number of benzene rings is 2. The van der Waals surface area contributed by atoms with Gasteiger partial charge in [-0.3, -0.25) is 10.1 Å². The molecule has 0 unspecified atom stereocenters. The lowest BCUT2D eigenvalue weighted by molar-refractivity contribution is -0.385. The first kappa shape index (κ1) is 14.0. The zero-order valence-corrected chi connectivity index (χ0v) is 11.5. The first-order chi connectivity index (χ1) is 9.51. The Bertz CT molecular complexity index is 728. The van der Waals surface area contributed by atoms with Crippen molar-refractivity contribution < 1.29 is 9.31 Å². The van der Waals surface area contributed by atoms with Crippen molar-refractivity contribution in [3.63, 3.8) is 0 Å².